The van der Waals surface area contributed by atoms with Crippen LogP contribution in [0.5, 0.6) is 0 Å². The second kappa shape index (κ2) is 7.33. The average molecular weight is 430 g/mol. The molecule has 0 N–H and O–H groups in total. The van der Waals surface area contributed by atoms with E-state index in [1.54, 1.807) is 13.8 Å². The maximum atomic E-state index is 13.2. The van der Waals surface area contributed by atoms with Crippen molar-refractivity contribution in [3.05, 3.63) is 79.9 Å². The van der Waals surface area contributed by atoms with Crippen LogP contribution in [0.2, 0.25) is 0 Å². The molecule has 2 aromatic carbocycles. The van der Waals surface area contributed by atoms with E-state index < -0.39 is 47.2 Å². The number of alkyl halides is 6. The van der Waals surface area contributed by atoms with Gasteiger partial charge in [0.05, 0.1) is 28.7 Å². The van der Waals surface area contributed by atoms with Crippen molar-refractivity contribution in [3.8, 4) is 0 Å². The summed E-state index contributed by atoms with van der Waals surface area (Å²) in [5.74, 6) is 0. The van der Waals surface area contributed by atoms with Gasteiger partial charge in [0.25, 0.3) is 0 Å². The van der Waals surface area contributed by atoms with E-state index >= 15 is 0 Å². The standard InChI is InChI=1S/C20H16F6N2O2/c1-11(2)28-15-7-6-14(20(24,25)26)9-16(15)27(17(29)18(28)30)10-12-4-3-5-13(8-12)19(21,22)23/h3-9,11H,10H2,1-2H3. The van der Waals surface area contributed by atoms with Crippen molar-refractivity contribution in [2.24, 2.45) is 0 Å². The molecule has 10 heteroatoms. The van der Waals surface area contributed by atoms with Gasteiger partial charge in [0.2, 0.25) is 0 Å². The lowest BCUT2D eigenvalue weighted by atomic mass is 10.1. The number of fused-ring (bicyclic) bond motifs is 1. The van der Waals surface area contributed by atoms with Gasteiger partial charge in [-0.2, -0.15) is 26.3 Å². The van der Waals surface area contributed by atoms with Gasteiger partial charge in [-0.3, -0.25) is 18.7 Å². The largest absolute Gasteiger partial charge is 0.416 e. The van der Waals surface area contributed by atoms with Gasteiger partial charge in [-0.1, -0.05) is 12.1 Å². The maximum Gasteiger partial charge on any atom is 0.416 e. The third-order valence-electron chi connectivity index (χ3n) is 4.61. The Kier molecular flexibility index (Phi) is 5.30. The summed E-state index contributed by atoms with van der Waals surface area (Å²) in [6.07, 6.45) is -9.34. The van der Waals surface area contributed by atoms with E-state index in [1.807, 2.05) is 0 Å². The topological polar surface area (TPSA) is 44.0 Å². The van der Waals surface area contributed by atoms with Crippen molar-refractivity contribution in [3.63, 3.8) is 0 Å². The maximum absolute atomic E-state index is 13.2. The Balaban J connectivity index is 2.31. The first-order valence-corrected chi connectivity index (χ1v) is 8.83. The van der Waals surface area contributed by atoms with Gasteiger partial charge < -0.3 is 0 Å². The van der Waals surface area contributed by atoms with Crippen molar-refractivity contribution in [1.82, 2.24) is 9.13 Å². The molecule has 1 aromatic heterocycles. The SMILES string of the molecule is CC(C)n1c(=O)c(=O)n(Cc2cccc(C(F)(F)F)c2)c2cc(C(F)(F)F)ccc21. The molecule has 160 valence electrons. The fraction of sp³-hybridized carbons (Fsp3) is 0.300. The summed E-state index contributed by atoms with van der Waals surface area (Å²) in [6, 6.07) is 6.14. The van der Waals surface area contributed by atoms with Crippen LogP contribution in [0.3, 0.4) is 0 Å². The lowest BCUT2D eigenvalue weighted by Gasteiger charge is -2.19. The zero-order valence-corrected chi connectivity index (χ0v) is 15.8. The molecule has 1 heterocycles. The molecule has 30 heavy (non-hydrogen) atoms. The van der Waals surface area contributed by atoms with Gasteiger partial charge in [-0.05, 0) is 49.7 Å². The monoisotopic (exact) mass is 430 g/mol. The first-order valence-electron chi connectivity index (χ1n) is 8.83. The van der Waals surface area contributed by atoms with Crippen molar-refractivity contribution in [2.45, 2.75) is 38.8 Å². The molecule has 0 unspecified atom stereocenters. The van der Waals surface area contributed by atoms with Crippen molar-refractivity contribution in [2.75, 3.05) is 0 Å². The summed E-state index contributed by atoms with van der Waals surface area (Å²) in [6.45, 7) is 2.69. The Morgan fingerprint density at radius 3 is 1.97 bits per heavy atom. The number of halogens is 6. The van der Waals surface area contributed by atoms with Crippen LogP contribution in [0.25, 0.3) is 11.0 Å². The Labute approximate surface area is 166 Å². The van der Waals surface area contributed by atoms with E-state index in [0.29, 0.717) is 0 Å². The molecule has 0 amide bonds. The van der Waals surface area contributed by atoms with Crippen LogP contribution in [0, 0.1) is 0 Å². The molecule has 0 aliphatic rings. The molecule has 0 saturated heterocycles. The summed E-state index contributed by atoms with van der Waals surface area (Å²) in [7, 11) is 0. The lowest BCUT2D eigenvalue weighted by molar-refractivity contribution is -0.138. The fourth-order valence-corrected chi connectivity index (χ4v) is 3.26. The molecule has 3 rings (SSSR count). The number of hydrogen-bond acceptors (Lipinski definition) is 2. The van der Waals surface area contributed by atoms with E-state index in [9.17, 15) is 35.9 Å². The highest BCUT2D eigenvalue weighted by molar-refractivity contribution is 5.76. The molecule has 0 atom stereocenters. The summed E-state index contributed by atoms with van der Waals surface area (Å²) in [5.41, 5.74) is -4.19. The van der Waals surface area contributed by atoms with E-state index in [-0.39, 0.29) is 16.6 Å². The molecule has 0 bridgehead atoms. The second-order valence-corrected chi connectivity index (χ2v) is 7.06. The van der Waals surface area contributed by atoms with Crippen LogP contribution in [0.15, 0.2) is 52.1 Å². The smallest absolute Gasteiger partial charge is 0.300 e. The van der Waals surface area contributed by atoms with Crippen LogP contribution in [-0.4, -0.2) is 9.13 Å². The van der Waals surface area contributed by atoms with E-state index in [1.165, 1.54) is 6.07 Å². The minimum absolute atomic E-state index is 0.0207. The Hall–Kier alpha value is -3.04. The van der Waals surface area contributed by atoms with Gasteiger partial charge in [0, 0.05) is 6.04 Å². The van der Waals surface area contributed by atoms with Gasteiger partial charge in [0.15, 0.2) is 0 Å². The number of rotatable bonds is 3. The lowest BCUT2D eigenvalue weighted by Crippen LogP contribution is -2.42. The summed E-state index contributed by atoms with van der Waals surface area (Å²) < 4.78 is 80.4. The predicted molar refractivity (Wildman–Crippen MR) is 98.4 cm³/mol. The first kappa shape index (κ1) is 21.7. The number of aromatic nitrogens is 2. The van der Waals surface area contributed by atoms with Crippen molar-refractivity contribution >= 4 is 11.0 Å². The molecule has 4 nitrogen and oxygen atoms in total. The van der Waals surface area contributed by atoms with E-state index in [4.69, 9.17) is 0 Å². The summed E-state index contributed by atoms with van der Waals surface area (Å²) in [4.78, 5) is 25.3. The molecule has 3 aromatic rings. The molecule has 0 saturated carbocycles. The van der Waals surface area contributed by atoms with Gasteiger partial charge in [-0.25, -0.2) is 0 Å². The quantitative estimate of drug-likeness (QED) is 0.441. The van der Waals surface area contributed by atoms with Gasteiger partial charge in [0.1, 0.15) is 0 Å². The predicted octanol–water partition coefficient (Wildman–Crippen LogP) is 4.83. The van der Waals surface area contributed by atoms with Gasteiger partial charge in [-0.15, -0.1) is 0 Å². The molecule has 0 radical (unpaired) electrons. The van der Waals surface area contributed by atoms with Gasteiger partial charge >= 0.3 is 23.5 Å². The third kappa shape index (κ3) is 3.99. The third-order valence-corrected chi connectivity index (χ3v) is 4.61. The molecular formula is C20H16F6N2O2. The molecule has 0 aliphatic heterocycles. The highest BCUT2D eigenvalue weighted by atomic mass is 19.4. The molecule has 0 aliphatic carbocycles. The minimum Gasteiger partial charge on any atom is -0.300 e. The van der Waals surface area contributed by atoms with E-state index in [2.05, 4.69) is 0 Å². The molecular weight excluding hydrogens is 414 g/mol. The summed E-state index contributed by atoms with van der Waals surface area (Å²) >= 11 is 0. The Bertz CT molecular complexity index is 1220. The minimum atomic E-state index is -4.70. The molecule has 0 fully saturated rings. The first-order chi connectivity index (χ1) is 13.8. The van der Waals surface area contributed by atoms with Crippen LogP contribution in [0.4, 0.5) is 26.3 Å². The second-order valence-electron chi connectivity index (χ2n) is 7.06. The zero-order chi connectivity index (χ0) is 22.4. The normalized spacial score (nSPS) is 12.7. The van der Waals surface area contributed by atoms with Crippen molar-refractivity contribution in [1.29, 1.82) is 0 Å². The number of hydrogen-bond donors (Lipinski definition) is 0. The van der Waals surface area contributed by atoms with Crippen LogP contribution < -0.4 is 11.1 Å². The van der Waals surface area contributed by atoms with E-state index in [0.717, 1.165) is 45.5 Å². The highest BCUT2D eigenvalue weighted by Crippen LogP contribution is 2.32. The van der Waals surface area contributed by atoms with Crippen molar-refractivity contribution < 1.29 is 26.3 Å². The molecule has 0 spiro atoms. The number of nitrogens with zero attached hydrogens (tertiary/aromatic N) is 2. The fourth-order valence-electron chi connectivity index (χ4n) is 3.26. The average Bonchev–Trinajstić information content (AvgIpc) is 2.63. The number of benzene rings is 2. The Morgan fingerprint density at radius 1 is 0.800 bits per heavy atom. The van der Waals surface area contributed by atoms with Crippen LogP contribution in [-0.2, 0) is 18.9 Å². The Morgan fingerprint density at radius 2 is 1.40 bits per heavy atom. The summed E-state index contributed by atoms with van der Waals surface area (Å²) in [5, 5.41) is 0. The highest BCUT2D eigenvalue weighted by Gasteiger charge is 2.32. The van der Waals surface area contributed by atoms with Crippen LogP contribution >= 0.6 is 0 Å². The van der Waals surface area contributed by atoms with Crippen LogP contribution in [0.1, 0.15) is 36.6 Å². The zero-order valence-electron chi connectivity index (χ0n) is 15.8.